The fraction of sp³-hybridized carbons (Fsp3) is 0.500. The minimum atomic E-state index is 0.0276. The van der Waals surface area contributed by atoms with E-state index < -0.39 is 0 Å². The topological polar surface area (TPSA) is 124 Å². The lowest BCUT2D eigenvalue weighted by molar-refractivity contribution is -0.119. The lowest BCUT2D eigenvalue weighted by Gasteiger charge is -2.30. The van der Waals surface area contributed by atoms with Gasteiger partial charge in [-0.2, -0.15) is 0 Å². The number of carbonyl (C=O) groups excluding carboxylic acids is 4. The number of ketones is 2. The van der Waals surface area contributed by atoms with E-state index in [9.17, 15) is 19.2 Å². The van der Waals surface area contributed by atoms with Crippen LogP contribution in [-0.4, -0.2) is 109 Å². The molecule has 6 aliphatic heterocycles. The maximum absolute atomic E-state index is 13.3. The number of fused-ring (bicyclic) bond motifs is 2. The van der Waals surface area contributed by atoms with Crippen LogP contribution in [0, 0.1) is 11.8 Å². The molecule has 2 atom stereocenters. The highest BCUT2D eigenvalue weighted by Crippen LogP contribution is 2.45. The largest absolute Gasteiger partial charge is 0.378 e. The normalized spacial score (nSPS) is 24.7. The number of ether oxygens (including phenoxy) is 2. The number of morpholine rings is 2. The summed E-state index contributed by atoms with van der Waals surface area (Å²) in [4.78, 5) is 68.6. The van der Waals surface area contributed by atoms with Gasteiger partial charge in [-0.1, -0.05) is 36.4 Å². The van der Waals surface area contributed by atoms with Gasteiger partial charge in [-0.25, -0.2) is 9.98 Å². The molecular weight excluding hydrogens is 709 g/mol. The van der Waals surface area contributed by atoms with Crippen molar-refractivity contribution in [2.24, 2.45) is 21.8 Å². The minimum Gasteiger partial charge on any atom is -0.378 e. The van der Waals surface area contributed by atoms with Crippen LogP contribution in [0.2, 0.25) is 0 Å². The molecule has 0 bridgehead atoms. The molecule has 12 nitrogen and oxygen atoms in total. The lowest BCUT2D eigenvalue weighted by atomic mass is 10.0. The Kier molecular flexibility index (Phi) is 10.4. The molecular formula is C44H50N6O6. The van der Waals surface area contributed by atoms with Crippen molar-refractivity contribution in [3.8, 4) is 0 Å². The Balaban J connectivity index is 0.000000146. The van der Waals surface area contributed by atoms with Crippen LogP contribution in [0.15, 0.2) is 82.3 Å². The Morgan fingerprint density at radius 2 is 0.982 bits per heavy atom. The Labute approximate surface area is 327 Å². The van der Waals surface area contributed by atoms with Gasteiger partial charge < -0.3 is 29.1 Å². The van der Waals surface area contributed by atoms with Gasteiger partial charge in [-0.3, -0.25) is 19.2 Å². The zero-order valence-electron chi connectivity index (χ0n) is 31.9. The van der Waals surface area contributed by atoms with E-state index in [1.807, 2.05) is 46.2 Å². The lowest BCUT2D eigenvalue weighted by Crippen LogP contribution is -2.41. The van der Waals surface area contributed by atoms with Gasteiger partial charge in [0.15, 0.2) is 11.6 Å². The molecule has 4 fully saturated rings. The Hall–Kier alpha value is -4.94. The van der Waals surface area contributed by atoms with Gasteiger partial charge in [-0.05, 0) is 73.6 Å². The number of para-hydroxylation sites is 2. The third-order valence-electron chi connectivity index (χ3n) is 12.2. The number of rotatable bonds is 8. The van der Waals surface area contributed by atoms with Crippen molar-refractivity contribution in [2.45, 2.75) is 76.3 Å². The SMILES string of the molecule is O=C1C=C(N2CCOCC2)N=C(CC(=O)N2c3ccccc3C[C@@H]2C2CC2)C1.O=C1C=C(N2CCOCC2)N=C(CC(=O)N2c3ccccc3C[C@H]2C2CC2)C1. The summed E-state index contributed by atoms with van der Waals surface area (Å²) in [6.45, 7) is 5.48. The molecule has 10 rings (SSSR count). The van der Waals surface area contributed by atoms with E-state index in [2.05, 4.69) is 31.9 Å². The van der Waals surface area contributed by atoms with Crippen LogP contribution in [-0.2, 0) is 41.5 Å². The maximum atomic E-state index is 13.3. The second-order valence-corrected chi connectivity index (χ2v) is 16.2. The van der Waals surface area contributed by atoms with Crippen molar-refractivity contribution in [3.05, 3.63) is 83.5 Å². The summed E-state index contributed by atoms with van der Waals surface area (Å²) < 4.78 is 10.8. The van der Waals surface area contributed by atoms with Gasteiger partial charge in [0.2, 0.25) is 11.8 Å². The molecule has 2 saturated heterocycles. The highest BCUT2D eigenvalue weighted by molar-refractivity contribution is 6.18. The van der Waals surface area contributed by atoms with E-state index in [4.69, 9.17) is 9.47 Å². The Morgan fingerprint density at radius 1 is 0.589 bits per heavy atom. The molecule has 56 heavy (non-hydrogen) atoms. The molecule has 0 spiro atoms. The fourth-order valence-electron chi connectivity index (χ4n) is 9.08. The average Bonchev–Trinajstić information content (AvgIpc) is 4.16. The molecule has 2 aromatic carbocycles. The number of amides is 2. The molecule has 8 aliphatic rings. The van der Waals surface area contributed by atoms with Gasteiger partial charge in [0, 0.05) is 86.1 Å². The summed E-state index contributed by atoms with van der Waals surface area (Å²) in [5.74, 6) is 2.77. The van der Waals surface area contributed by atoms with Crippen LogP contribution in [0.3, 0.4) is 0 Å². The number of anilines is 2. The van der Waals surface area contributed by atoms with Crippen LogP contribution in [0.5, 0.6) is 0 Å². The van der Waals surface area contributed by atoms with Crippen LogP contribution >= 0.6 is 0 Å². The van der Waals surface area contributed by atoms with Gasteiger partial charge in [0.1, 0.15) is 11.6 Å². The molecule has 2 amide bonds. The molecule has 2 aromatic rings. The highest BCUT2D eigenvalue weighted by Gasteiger charge is 2.44. The standard InChI is InChI=1S/2C22H25N3O3/c2*26-18-12-17(23-21(14-18)24-7-9-28-10-8-24)13-22(27)25-19-4-2-1-3-16(19)11-20(25)15-5-6-15/h2*1-4,14-15,20H,5-13H2/t2*20-/m10/s1. The second kappa shape index (κ2) is 15.9. The van der Waals surface area contributed by atoms with Crippen molar-refractivity contribution in [1.82, 2.24) is 9.80 Å². The number of hydrogen-bond acceptors (Lipinski definition) is 10. The van der Waals surface area contributed by atoms with E-state index in [-0.39, 0.29) is 61.1 Å². The first kappa shape index (κ1) is 36.7. The molecule has 6 heterocycles. The maximum Gasteiger partial charge on any atom is 0.232 e. The minimum absolute atomic E-state index is 0.0276. The van der Waals surface area contributed by atoms with Gasteiger partial charge in [-0.15, -0.1) is 0 Å². The Morgan fingerprint density at radius 3 is 1.38 bits per heavy atom. The molecule has 2 saturated carbocycles. The second-order valence-electron chi connectivity index (χ2n) is 16.2. The highest BCUT2D eigenvalue weighted by atomic mass is 16.5. The molecule has 0 aromatic heterocycles. The predicted molar refractivity (Wildman–Crippen MR) is 213 cm³/mol. The number of benzene rings is 2. The summed E-state index contributed by atoms with van der Waals surface area (Å²) in [5.41, 5.74) is 5.94. The van der Waals surface area contributed by atoms with Crippen molar-refractivity contribution in [1.29, 1.82) is 0 Å². The Bertz CT molecular complexity index is 1870. The molecule has 0 N–H and O–H groups in total. The van der Waals surface area contributed by atoms with E-state index in [0.29, 0.717) is 61.3 Å². The molecule has 292 valence electrons. The first-order valence-corrected chi connectivity index (χ1v) is 20.4. The molecule has 0 radical (unpaired) electrons. The average molecular weight is 759 g/mol. The third kappa shape index (κ3) is 7.99. The van der Waals surface area contributed by atoms with Crippen LogP contribution in [0.25, 0.3) is 0 Å². The predicted octanol–water partition coefficient (Wildman–Crippen LogP) is 4.66. The van der Waals surface area contributed by atoms with Gasteiger partial charge in [0.25, 0.3) is 0 Å². The van der Waals surface area contributed by atoms with Crippen molar-refractivity contribution >= 4 is 46.2 Å². The quantitative estimate of drug-likeness (QED) is 0.381. The van der Waals surface area contributed by atoms with E-state index in [1.165, 1.54) is 36.8 Å². The number of aliphatic imine (C=N–C) groups is 2. The smallest absolute Gasteiger partial charge is 0.232 e. The van der Waals surface area contributed by atoms with E-state index in [1.54, 1.807) is 12.2 Å². The van der Waals surface area contributed by atoms with Gasteiger partial charge in [0.05, 0.1) is 39.3 Å². The summed E-state index contributed by atoms with van der Waals surface area (Å²) in [7, 11) is 0. The number of hydrogen-bond donors (Lipinski definition) is 0. The molecule has 12 heteroatoms. The van der Waals surface area contributed by atoms with Crippen LogP contribution in [0.1, 0.15) is 62.5 Å². The van der Waals surface area contributed by atoms with Crippen molar-refractivity contribution in [2.75, 3.05) is 62.4 Å². The fourth-order valence-corrected chi connectivity index (χ4v) is 9.08. The summed E-state index contributed by atoms with van der Waals surface area (Å²) in [5, 5.41) is 0. The number of allylic oxidation sites excluding steroid dienone is 2. The van der Waals surface area contributed by atoms with Gasteiger partial charge >= 0.3 is 0 Å². The molecule has 0 unspecified atom stereocenters. The molecule has 2 aliphatic carbocycles. The third-order valence-corrected chi connectivity index (χ3v) is 12.2. The van der Waals surface area contributed by atoms with Crippen molar-refractivity contribution in [3.63, 3.8) is 0 Å². The number of nitrogens with zero attached hydrogens (tertiary/aromatic N) is 6. The van der Waals surface area contributed by atoms with Crippen molar-refractivity contribution < 1.29 is 28.7 Å². The van der Waals surface area contributed by atoms with E-state index >= 15 is 0 Å². The summed E-state index contributed by atoms with van der Waals surface area (Å²) in [6, 6.07) is 16.9. The van der Waals surface area contributed by atoms with Crippen LogP contribution < -0.4 is 9.80 Å². The first-order chi connectivity index (χ1) is 27.4. The number of carbonyl (C=O) groups is 4. The van der Waals surface area contributed by atoms with Crippen LogP contribution in [0.4, 0.5) is 11.4 Å². The first-order valence-electron chi connectivity index (χ1n) is 20.4. The zero-order chi connectivity index (χ0) is 38.2. The summed E-state index contributed by atoms with van der Waals surface area (Å²) in [6.07, 6.45) is 10.8. The monoisotopic (exact) mass is 758 g/mol. The summed E-state index contributed by atoms with van der Waals surface area (Å²) >= 11 is 0. The van der Waals surface area contributed by atoms with E-state index in [0.717, 1.165) is 50.4 Å². The zero-order valence-corrected chi connectivity index (χ0v) is 31.9.